The summed E-state index contributed by atoms with van der Waals surface area (Å²) in [5.74, 6) is -0.635. The topological polar surface area (TPSA) is 43.4 Å². The maximum Gasteiger partial charge on any atom is 0.257 e. The van der Waals surface area contributed by atoms with Gasteiger partial charge >= 0.3 is 0 Å². The largest absolute Gasteiger partial charge is 0.261 e. The van der Waals surface area contributed by atoms with Crippen LogP contribution < -0.4 is 0 Å². The molecule has 0 saturated heterocycles. The fraction of sp³-hybridized carbons (Fsp3) is 0. The lowest BCUT2D eigenvalue weighted by Gasteiger charge is -2.01. The molecule has 71 valence electrons. The molecule has 0 atom stereocenters. The Morgan fingerprint density at radius 1 is 1.46 bits per heavy atom. The average molecular weight is 224 g/mol. The van der Waals surface area contributed by atoms with E-state index in [9.17, 15) is 12.8 Å². The van der Waals surface area contributed by atoms with Crippen molar-refractivity contribution in [2.24, 2.45) is 0 Å². The minimum absolute atomic E-state index is 0.0802. The molecule has 1 aromatic rings. The summed E-state index contributed by atoms with van der Waals surface area (Å²) in [5.41, 5.74) is -0.0802. The molecule has 0 saturated carbocycles. The molecule has 0 bridgehead atoms. The van der Waals surface area contributed by atoms with Crippen LogP contribution in [0.2, 0.25) is 5.02 Å². The van der Waals surface area contributed by atoms with Crippen LogP contribution in [-0.2, 0) is 15.2 Å². The van der Waals surface area contributed by atoms with Crippen LogP contribution in [0.15, 0.2) is 18.2 Å². The first-order chi connectivity index (χ1) is 6.11. The van der Waals surface area contributed by atoms with Crippen molar-refractivity contribution in [2.75, 3.05) is 0 Å². The lowest BCUT2D eigenvalue weighted by atomic mass is 10.2. The molecule has 0 heterocycles. The Kier molecular flexibility index (Phi) is 3.65. The van der Waals surface area contributed by atoms with Gasteiger partial charge in [-0.2, -0.15) is 0 Å². The predicted octanol–water partition coefficient (Wildman–Crippen LogP) is 1.53. The van der Waals surface area contributed by atoms with Crippen LogP contribution >= 0.6 is 11.6 Å². The van der Waals surface area contributed by atoms with Crippen molar-refractivity contribution in [3.8, 4) is 0 Å². The van der Waals surface area contributed by atoms with E-state index < -0.39 is 16.8 Å². The summed E-state index contributed by atoms with van der Waals surface area (Å²) >= 11 is 5.56. The van der Waals surface area contributed by atoms with Crippen LogP contribution in [-0.4, -0.2) is 8.42 Å². The minimum Gasteiger partial charge on any atom is -0.261 e. The molecule has 1 radical (unpaired) electrons. The van der Waals surface area contributed by atoms with E-state index in [1.165, 1.54) is 12.1 Å². The Morgan fingerprint density at radius 3 is 2.69 bits per heavy atom. The maximum atomic E-state index is 12.9. The van der Waals surface area contributed by atoms with E-state index in [0.29, 0.717) is 0 Å². The van der Waals surface area contributed by atoms with Gasteiger partial charge in [0.25, 0.3) is 11.0 Å². The summed E-state index contributed by atoms with van der Waals surface area (Å²) in [6, 6.07) is 3.99. The Morgan fingerprint density at radius 2 is 2.15 bits per heavy atom. The SMILES string of the molecule is O=[SH](=O)O[CH]c1c(F)cccc1Cl. The van der Waals surface area contributed by atoms with Crippen LogP contribution in [0.1, 0.15) is 5.56 Å². The second kappa shape index (κ2) is 4.55. The highest BCUT2D eigenvalue weighted by molar-refractivity contribution is 7.67. The number of thiol groups is 1. The fourth-order valence-electron chi connectivity index (χ4n) is 0.719. The zero-order valence-electron chi connectivity index (χ0n) is 6.24. The third-order valence-corrected chi connectivity index (χ3v) is 1.86. The van der Waals surface area contributed by atoms with Gasteiger partial charge in [0.2, 0.25) is 0 Å². The molecule has 0 spiro atoms. The predicted molar refractivity (Wildman–Crippen MR) is 46.2 cm³/mol. The third-order valence-electron chi connectivity index (χ3n) is 1.26. The molecule has 0 aliphatic rings. The van der Waals surface area contributed by atoms with Gasteiger partial charge in [0, 0.05) is 10.6 Å². The summed E-state index contributed by atoms with van der Waals surface area (Å²) in [7, 11) is -3.03. The minimum atomic E-state index is -3.03. The molecule has 0 aliphatic heterocycles. The Balaban J connectivity index is 2.87. The van der Waals surface area contributed by atoms with Crippen LogP contribution in [0.3, 0.4) is 0 Å². The van der Waals surface area contributed by atoms with E-state index in [-0.39, 0.29) is 10.6 Å². The number of hydrogen-bond acceptors (Lipinski definition) is 3. The van der Waals surface area contributed by atoms with Crippen molar-refractivity contribution in [1.29, 1.82) is 0 Å². The number of halogens is 2. The van der Waals surface area contributed by atoms with Gasteiger partial charge in [0.15, 0.2) is 0 Å². The van der Waals surface area contributed by atoms with Gasteiger partial charge in [-0.05, 0) is 12.1 Å². The van der Waals surface area contributed by atoms with Gasteiger partial charge in [-0.25, -0.2) is 12.8 Å². The van der Waals surface area contributed by atoms with Gasteiger partial charge in [0.1, 0.15) is 12.4 Å². The normalized spacial score (nSPS) is 10.7. The monoisotopic (exact) mass is 223 g/mol. The fourth-order valence-corrected chi connectivity index (χ4v) is 1.12. The van der Waals surface area contributed by atoms with E-state index >= 15 is 0 Å². The maximum absolute atomic E-state index is 12.9. The van der Waals surface area contributed by atoms with E-state index in [0.717, 1.165) is 12.7 Å². The van der Waals surface area contributed by atoms with Crippen molar-refractivity contribution < 1.29 is 17.0 Å². The Hall–Kier alpha value is -0.650. The Bertz CT molecular complexity index is 350. The van der Waals surface area contributed by atoms with Crippen molar-refractivity contribution in [3.05, 3.63) is 41.2 Å². The molecular weight excluding hydrogens is 219 g/mol. The van der Waals surface area contributed by atoms with Crippen molar-refractivity contribution in [3.63, 3.8) is 0 Å². The second-order valence-corrected chi connectivity index (χ2v) is 3.15. The van der Waals surface area contributed by atoms with Gasteiger partial charge in [-0.3, -0.25) is 4.18 Å². The zero-order valence-corrected chi connectivity index (χ0v) is 7.89. The first-order valence-corrected chi connectivity index (χ1v) is 4.67. The first kappa shape index (κ1) is 10.4. The van der Waals surface area contributed by atoms with Gasteiger partial charge in [0.05, 0.1) is 0 Å². The van der Waals surface area contributed by atoms with E-state index in [1.807, 2.05) is 0 Å². The summed E-state index contributed by atoms with van der Waals surface area (Å²) in [4.78, 5) is 0. The van der Waals surface area contributed by atoms with Crippen LogP contribution in [0, 0.1) is 12.4 Å². The average Bonchev–Trinajstić information content (AvgIpc) is 2.03. The molecule has 1 aromatic carbocycles. The molecule has 0 fully saturated rings. The quantitative estimate of drug-likeness (QED) is 0.791. The molecule has 0 N–H and O–H groups in total. The summed E-state index contributed by atoms with van der Waals surface area (Å²) in [6.45, 7) is 0.753. The summed E-state index contributed by atoms with van der Waals surface area (Å²) in [5, 5.41) is 0.0943. The zero-order chi connectivity index (χ0) is 9.84. The molecule has 0 unspecified atom stereocenters. The molecule has 3 nitrogen and oxygen atoms in total. The number of rotatable bonds is 3. The summed E-state index contributed by atoms with van der Waals surface area (Å²) in [6.07, 6.45) is 0. The van der Waals surface area contributed by atoms with Crippen molar-refractivity contribution in [1.82, 2.24) is 0 Å². The van der Waals surface area contributed by atoms with Crippen molar-refractivity contribution >= 4 is 22.6 Å². The van der Waals surface area contributed by atoms with Gasteiger partial charge in [-0.15, -0.1) is 0 Å². The van der Waals surface area contributed by atoms with Gasteiger partial charge < -0.3 is 0 Å². The van der Waals surface area contributed by atoms with Crippen LogP contribution in [0.25, 0.3) is 0 Å². The molecular formula is C7H5ClFO3S. The smallest absolute Gasteiger partial charge is 0.257 e. The van der Waals surface area contributed by atoms with Crippen molar-refractivity contribution in [2.45, 2.75) is 0 Å². The molecule has 6 heteroatoms. The van der Waals surface area contributed by atoms with E-state index in [4.69, 9.17) is 11.6 Å². The molecule has 13 heavy (non-hydrogen) atoms. The molecule has 0 aromatic heterocycles. The number of benzene rings is 1. The van der Waals surface area contributed by atoms with E-state index in [2.05, 4.69) is 4.18 Å². The molecule has 1 rings (SSSR count). The molecule has 0 aliphatic carbocycles. The Labute approximate surface area is 81.2 Å². The second-order valence-electron chi connectivity index (χ2n) is 2.08. The van der Waals surface area contributed by atoms with E-state index in [1.54, 1.807) is 0 Å². The van der Waals surface area contributed by atoms with Gasteiger partial charge in [-0.1, -0.05) is 17.7 Å². The van der Waals surface area contributed by atoms with Crippen LogP contribution in [0.5, 0.6) is 0 Å². The molecule has 0 amide bonds. The highest BCUT2D eigenvalue weighted by Gasteiger charge is 2.07. The van der Waals surface area contributed by atoms with Crippen LogP contribution in [0.4, 0.5) is 4.39 Å². The third kappa shape index (κ3) is 2.95. The lowest BCUT2D eigenvalue weighted by Crippen LogP contribution is -1.92. The highest BCUT2D eigenvalue weighted by atomic mass is 35.5. The lowest BCUT2D eigenvalue weighted by molar-refractivity contribution is 0.423. The number of hydrogen-bond donors (Lipinski definition) is 1. The highest BCUT2D eigenvalue weighted by Crippen LogP contribution is 2.20. The first-order valence-electron chi connectivity index (χ1n) is 3.19. The summed E-state index contributed by atoms with van der Waals surface area (Å²) < 4.78 is 37.0. The standard InChI is InChI=1S/C7H5ClFO3S/c8-6-2-1-3-7(9)5(6)4-12-13(10)11/h1-4,13H.